The second-order valence-corrected chi connectivity index (χ2v) is 8.19. The second-order valence-electron chi connectivity index (χ2n) is 7.03. The Morgan fingerprint density at radius 2 is 1.62 bits per heavy atom. The number of hydrogen-bond donors (Lipinski definition) is 1. The van der Waals surface area contributed by atoms with Gasteiger partial charge in [-0.2, -0.15) is 5.10 Å². The summed E-state index contributed by atoms with van der Waals surface area (Å²) in [7, 11) is 4.77. The number of nitrogens with zero attached hydrogens (tertiary/aromatic N) is 2. The molecule has 0 aliphatic rings. The summed E-state index contributed by atoms with van der Waals surface area (Å²) in [4.78, 5) is 10.4. The van der Waals surface area contributed by atoms with Gasteiger partial charge in [-0.05, 0) is 75.7 Å². The van der Waals surface area contributed by atoms with Gasteiger partial charge in [-0.15, -0.1) is 0 Å². The third-order valence-electron chi connectivity index (χ3n) is 4.82. The predicted molar refractivity (Wildman–Crippen MR) is 137 cm³/mol. The summed E-state index contributed by atoms with van der Waals surface area (Å²) in [5.41, 5.74) is 5.71. The molecule has 0 aliphatic heterocycles. The summed E-state index contributed by atoms with van der Waals surface area (Å²) in [5, 5.41) is 15.1. The highest BCUT2D eigenvalue weighted by Crippen LogP contribution is 2.34. The normalized spacial score (nSPS) is 10.7. The lowest BCUT2D eigenvalue weighted by Gasteiger charge is -2.13. The maximum Gasteiger partial charge on any atom is 0.269 e. The van der Waals surface area contributed by atoms with Crippen LogP contribution in [0, 0.1) is 13.7 Å². The van der Waals surface area contributed by atoms with Gasteiger partial charge < -0.3 is 24.4 Å². The van der Waals surface area contributed by atoms with Gasteiger partial charge >= 0.3 is 0 Å². The summed E-state index contributed by atoms with van der Waals surface area (Å²) in [5.74, 6) is 2.49. The zero-order chi connectivity index (χ0) is 24.5. The third-order valence-corrected chi connectivity index (χ3v) is 5.62. The van der Waals surface area contributed by atoms with E-state index in [9.17, 15) is 10.1 Å². The first-order chi connectivity index (χ1) is 16.4. The number of benzene rings is 3. The first-order valence-electron chi connectivity index (χ1n) is 10.2. The van der Waals surface area contributed by atoms with E-state index in [4.69, 9.17) is 18.9 Å². The molecule has 10 heteroatoms. The van der Waals surface area contributed by atoms with Crippen LogP contribution in [-0.4, -0.2) is 32.5 Å². The number of nitro groups is 1. The Hall–Kier alpha value is -3.54. The number of hydrogen-bond acceptors (Lipinski definition) is 8. The summed E-state index contributed by atoms with van der Waals surface area (Å²) in [6.45, 7) is 0.770. The number of non-ortho nitro benzene ring substituents is 1. The van der Waals surface area contributed by atoms with E-state index in [1.807, 2.05) is 30.3 Å². The molecule has 0 unspecified atom stereocenters. The van der Waals surface area contributed by atoms with Crippen molar-refractivity contribution >= 4 is 34.5 Å². The Labute approximate surface area is 211 Å². The highest BCUT2D eigenvalue weighted by Gasteiger charge is 2.12. The van der Waals surface area contributed by atoms with Crippen LogP contribution in [-0.2, 0) is 13.2 Å². The van der Waals surface area contributed by atoms with Gasteiger partial charge in [-0.25, -0.2) is 0 Å². The molecule has 0 heterocycles. The Morgan fingerprint density at radius 3 is 2.26 bits per heavy atom. The van der Waals surface area contributed by atoms with Crippen molar-refractivity contribution in [2.24, 2.45) is 5.10 Å². The Bertz CT molecular complexity index is 1170. The summed E-state index contributed by atoms with van der Waals surface area (Å²) < 4.78 is 22.9. The molecule has 0 saturated heterocycles. The molecule has 9 nitrogen and oxygen atoms in total. The molecule has 34 heavy (non-hydrogen) atoms. The van der Waals surface area contributed by atoms with Crippen molar-refractivity contribution in [3.63, 3.8) is 0 Å². The number of hydrazone groups is 1. The first kappa shape index (κ1) is 25.1. The van der Waals surface area contributed by atoms with Gasteiger partial charge in [0.15, 0.2) is 23.0 Å². The highest BCUT2D eigenvalue weighted by molar-refractivity contribution is 14.1. The van der Waals surface area contributed by atoms with E-state index >= 15 is 0 Å². The molecule has 1 N–H and O–H groups in total. The van der Waals surface area contributed by atoms with Gasteiger partial charge in [0.1, 0.15) is 6.61 Å². The molecule has 0 amide bonds. The Kier molecular flexibility index (Phi) is 8.91. The minimum Gasteiger partial charge on any atom is -0.493 e. The van der Waals surface area contributed by atoms with Crippen LogP contribution in [0.5, 0.6) is 23.0 Å². The van der Waals surface area contributed by atoms with E-state index in [0.717, 1.165) is 20.3 Å². The van der Waals surface area contributed by atoms with Gasteiger partial charge in [0, 0.05) is 12.1 Å². The van der Waals surface area contributed by atoms with Crippen molar-refractivity contribution in [2.75, 3.05) is 21.3 Å². The monoisotopic (exact) mass is 577 g/mol. The fourth-order valence-corrected chi connectivity index (χ4v) is 3.85. The van der Waals surface area contributed by atoms with Crippen LogP contribution in [0.25, 0.3) is 0 Å². The number of ether oxygens (including phenoxy) is 4. The highest BCUT2D eigenvalue weighted by atomic mass is 127. The van der Waals surface area contributed by atoms with Gasteiger partial charge in [0.25, 0.3) is 5.69 Å². The lowest BCUT2D eigenvalue weighted by molar-refractivity contribution is -0.384. The molecule has 3 aromatic rings. The number of nitrogens with one attached hydrogen (secondary N) is 1. The van der Waals surface area contributed by atoms with E-state index < -0.39 is 4.92 Å². The fourth-order valence-electron chi connectivity index (χ4n) is 3.07. The van der Waals surface area contributed by atoms with Crippen LogP contribution in [0.2, 0.25) is 0 Å². The predicted octanol–water partition coefficient (Wildman–Crippen LogP) is 4.93. The molecule has 3 aromatic carbocycles. The zero-order valence-corrected chi connectivity index (χ0v) is 21.1. The molecule has 3 rings (SSSR count). The first-order valence-corrected chi connectivity index (χ1v) is 11.2. The largest absolute Gasteiger partial charge is 0.493 e. The van der Waals surface area contributed by atoms with E-state index in [2.05, 4.69) is 33.1 Å². The van der Waals surface area contributed by atoms with Crippen LogP contribution in [0.15, 0.2) is 59.7 Å². The fraction of sp³-hybridized carbons (Fsp3) is 0.208. The third kappa shape index (κ3) is 6.50. The van der Waals surface area contributed by atoms with E-state index in [1.54, 1.807) is 39.7 Å². The topological polar surface area (TPSA) is 104 Å². The second kappa shape index (κ2) is 12.1. The van der Waals surface area contributed by atoms with E-state index in [-0.39, 0.29) is 12.3 Å². The van der Waals surface area contributed by atoms with Crippen LogP contribution in [0.4, 0.5) is 5.69 Å². The van der Waals surface area contributed by atoms with Crippen LogP contribution < -0.4 is 24.4 Å². The number of rotatable bonds is 11. The minimum atomic E-state index is -0.431. The maximum atomic E-state index is 10.8. The van der Waals surface area contributed by atoms with E-state index in [1.165, 1.54) is 12.1 Å². The number of methoxy groups -OCH3 is 3. The molecule has 0 bridgehead atoms. The lowest BCUT2D eigenvalue weighted by atomic mass is 10.2. The van der Waals surface area contributed by atoms with Crippen LogP contribution in [0.1, 0.15) is 16.7 Å². The summed E-state index contributed by atoms with van der Waals surface area (Å²) in [6, 6.07) is 15.7. The minimum absolute atomic E-state index is 0.0410. The quantitative estimate of drug-likeness (QED) is 0.149. The molecule has 0 aromatic heterocycles. The Morgan fingerprint density at radius 1 is 0.941 bits per heavy atom. The van der Waals surface area contributed by atoms with Crippen LogP contribution >= 0.6 is 22.6 Å². The molecular formula is C24H24IN3O6. The van der Waals surface area contributed by atoms with Crippen molar-refractivity contribution in [2.45, 2.75) is 13.2 Å². The van der Waals surface area contributed by atoms with Gasteiger partial charge in [0.2, 0.25) is 0 Å². The van der Waals surface area contributed by atoms with Crippen LogP contribution in [0.3, 0.4) is 0 Å². The standard InChI is InChI=1S/C24H24IN3O6/c1-31-21-9-6-17(11-22(21)32-2)13-26-27-14-18-10-20(25)24(23(12-18)33-3)34-15-16-4-7-19(8-5-16)28(29)30/h4-12,14,26H,13,15H2,1-3H3/b27-14+. The smallest absolute Gasteiger partial charge is 0.269 e. The summed E-state index contributed by atoms with van der Waals surface area (Å²) >= 11 is 2.17. The van der Waals surface area contributed by atoms with Crippen molar-refractivity contribution in [3.8, 4) is 23.0 Å². The molecule has 0 radical (unpaired) electrons. The zero-order valence-electron chi connectivity index (χ0n) is 18.9. The molecule has 0 spiro atoms. The van der Waals surface area contributed by atoms with Crippen molar-refractivity contribution in [1.82, 2.24) is 5.43 Å². The average Bonchev–Trinajstić information content (AvgIpc) is 2.85. The van der Waals surface area contributed by atoms with Crippen molar-refractivity contribution in [3.05, 3.63) is 85.0 Å². The molecular weight excluding hydrogens is 553 g/mol. The molecule has 0 atom stereocenters. The maximum absolute atomic E-state index is 10.8. The molecule has 0 fully saturated rings. The molecule has 178 valence electrons. The average molecular weight is 577 g/mol. The SMILES string of the molecule is COc1ccc(CN/N=C/c2cc(I)c(OCc3ccc([N+](=O)[O-])cc3)c(OC)c2)cc1OC. The van der Waals surface area contributed by atoms with Gasteiger partial charge in [-0.3, -0.25) is 10.1 Å². The van der Waals surface area contributed by atoms with Gasteiger partial charge in [-0.1, -0.05) is 6.07 Å². The Balaban J connectivity index is 1.63. The van der Waals surface area contributed by atoms with E-state index in [0.29, 0.717) is 29.5 Å². The van der Waals surface area contributed by atoms with Crippen molar-refractivity contribution < 1.29 is 23.9 Å². The van der Waals surface area contributed by atoms with Gasteiger partial charge in [0.05, 0.1) is 42.6 Å². The number of nitro benzene ring substituents is 1. The molecule has 0 aliphatic carbocycles. The summed E-state index contributed by atoms with van der Waals surface area (Å²) in [6.07, 6.45) is 1.70. The molecule has 0 saturated carbocycles. The lowest BCUT2D eigenvalue weighted by Crippen LogP contribution is -2.06. The van der Waals surface area contributed by atoms with Crippen molar-refractivity contribution in [1.29, 1.82) is 0 Å². The number of halogens is 1.